The third-order valence-electron chi connectivity index (χ3n) is 16.1. The molecule has 8 N–H and O–H groups in total. The van der Waals surface area contributed by atoms with Crippen molar-refractivity contribution in [1.29, 1.82) is 0 Å². The van der Waals surface area contributed by atoms with Crippen molar-refractivity contribution >= 4 is 35.3 Å². The molecule has 0 saturated heterocycles. The minimum Gasteiger partial charge on any atom is -0.394 e. The largest absolute Gasteiger partial charge is 0.394 e. The van der Waals surface area contributed by atoms with Crippen molar-refractivity contribution in [1.82, 2.24) is 10.6 Å². The second-order valence-electron chi connectivity index (χ2n) is 23.7. The van der Waals surface area contributed by atoms with Gasteiger partial charge < -0.3 is 41.3 Å². The van der Waals surface area contributed by atoms with Crippen molar-refractivity contribution < 1.29 is 40.2 Å². The summed E-state index contributed by atoms with van der Waals surface area (Å²) in [6.45, 7) is 3.76. The number of thioether (sulfide) groups is 2. The Morgan fingerprint density at radius 2 is 0.513 bits per heavy atom. The quantitative estimate of drug-likeness (QED) is 0.0273. The molecule has 6 atom stereocenters. The molecule has 0 aliphatic carbocycles. The molecule has 0 spiro atoms. The number of aliphatic hydroxyl groups is 6. The maximum absolute atomic E-state index is 12.5. The molecule has 10 nitrogen and oxygen atoms in total. The molecule has 0 fully saturated rings. The van der Waals surface area contributed by atoms with Gasteiger partial charge in [0, 0.05) is 12.8 Å². The molecule has 0 saturated carbocycles. The van der Waals surface area contributed by atoms with Crippen LogP contribution in [-0.2, 0) is 9.59 Å². The van der Waals surface area contributed by atoms with E-state index in [2.05, 4.69) is 48.0 Å². The molecule has 0 aromatic carbocycles. The first-order chi connectivity index (χ1) is 38.2. The minimum absolute atomic E-state index is 0.154. The third kappa shape index (κ3) is 53.4. The summed E-state index contributed by atoms with van der Waals surface area (Å²) in [5.74, 6) is 4.85. The number of nitrogens with one attached hydrogen (secondary N) is 2. The Hall–Kier alpha value is -0.600. The number of unbranched alkanes of at least 4 members (excludes halogenated alkanes) is 41. The monoisotopic (exact) mass is 1140 g/mol. The average Bonchev–Trinajstić information content (AvgIpc) is 3.44. The molecule has 0 aromatic rings. The molecule has 12 heteroatoms. The highest BCUT2D eigenvalue weighted by atomic mass is 32.2. The molecule has 0 aliphatic heterocycles. The summed E-state index contributed by atoms with van der Waals surface area (Å²) in [6.07, 6.45) is 54.4. The Kier molecular flexibility index (Phi) is 62.0. The fraction of sp³-hybridized carbons (Fsp3) is 0.970. The molecule has 0 aliphatic rings. The number of carbonyl (C=O) groups is 2. The Bertz CT molecular complexity index is 1130. The first kappa shape index (κ1) is 77.4. The van der Waals surface area contributed by atoms with Gasteiger partial charge >= 0.3 is 0 Å². The number of rotatable bonds is 65. The van der Waals surface area contributed by atoms with E-state index in [0.717, 1.165) is 77.0 Å². The predicted octanol–water partition coefficient (Wildman–Crippen LogP) is 16.4. The smallest absolute Gasteiger partial charge is 0.220 e. The maximum Gasteiger partial charge on any atom is 0.220 e. The van der Waals surface area contributed by atoms with E-state index in [9.17, 15) is 40.2 Å². The van der Waals surface area contributed by atoms with Gasteiger partial charge in [-0.05, 0) is 74.4 Å². The second kappa shape index (κ2) is 62.4. The molecular weight excluding hydrogens is 1010 g/mol. The van der Waals surface area contributed by atoms with Crippen LogP contribution in [0.4, 0.5) is 0 Å². The number of carbonyl (C=O) groups excluding carboxylic acids is 2. The van der Waals surface area contributed by atoms with Crippen molar-refractivity contribution in [2.24, 2.45) is 0 Å². The average molecular weight is 1150 g/mol. The highest BCUT2D eigenvalue weighted by Gasteiger charge is 2.28. The molecule has 78 heavy (non-hydrogen) atoms. The lowest BCUT2D eigenvalue weighted by molar-refractivity contribution is -0.125. The van der Waals surface area contributed by atoms with Crippen LogP contribution in [0.5, 0.6) is 0 Å². The van der Waals surface area contributed by atoms with Gasteiger partial charge in [0.1, 0.15) is 12.2 Å². The fourth-order valence-corrected chi connectivity index (χ4v) is 12.8. The van der Waals surface area contributed by atoms with Gasteiger partial charge in [0.25, 0.3) is 0 Å². The summed E-state index contributed by atoms with van der Waals surface area (Å²) in [5, 5.41) is 67.4. The van der Waals surface area contributed by atoms with Crippen molar-refractivity contribution in [2.45, 2.75) is 371 Å². The summed E-state index contributed by atoms with van der Waals surface area (Å²) < 4.78 is 0. The molecule has 2 unspecified atom stereocenters. The molecule has 2 amide bonds. The van der Waals surface area contributed by atoms with Crippen LogP contribution < -0.4 is 10.6 Å². The lowest BCUT2D eigenvalue weighted by Crippen LogP contribution is -2.50. The highest BCUT2D eigenvalue weighted by molar-refractivity contribution is 7.99. The SMILES string of the molecule is CCCCCCCCCCCCCC[C@@H](O)[C@@H](O)C(CO)NC(=O)CCCCCCCCCCSCCCCCCCCSCCCCCCCCCCC(=O)NC(CO)[C@H](O)[C@H](O)CCCCCCCCCCCCCC. The number of hydrogen-bond acceptors (Lipinski definition) is 10. The Balaban J connectivity index is 3.52. The summed E-state index contributed by atoms with van der Waals surface area (Å²) in [7, 11) is 0. The minimum atomic E-state index is -1.15. The fourth-order valence-electron chi connectivity index (χ4n) is 10.7. The van der Waals surface area contributed by atoms with Crippen LogP contribution in [0.2, 0.25) is 0 Å². The van der Waals surface area contributed by atoms with Gasteiger partial charge in [-0.15, -0.1) is 0 Å². The van der Waals surface area contributed by atoms with Gasteiger partial charge in [-0.3, -0.25) is 9.59 Å². The van der Waals surface area contributed by atoms with Crippen LogP contribution >= 0.6 is 23.5 Å². The summed E-state index contributed by atoms with van der Waals surface area (Å²) >= 11 is 4.26. The van der Waals surface area contributed by atoms with E-state index in [-0.39, 0.29) is 25.0 Å². The van der Waals surface area contributed by atoms with Crippen molar-refractivity contribution in [3.63, 3.8) is 0 Å². The summed E-state index contributed by atoms with van der Waals surface area (Å²) in [6, 6.07) is -1.64. The lowest BCUT2D eigenvalue weighted by atomic mass is 9.99. The van der Waals surface area contributed by atoms with Gasteiger partial charge in [0.05, 0.1) is 37.5 Å². The Morgan fingerprint density at radius 3 is 0.744 bits per heavy atom. The predicted molar refractivity (Wildman–Crippen MR) is 339 cm³/mol. The van der Waals surface area contributed by atoms with Crippen LogP contribution in [0.3, 0.4) is 0 Å². The van der Waals surface area contributed by atoms with Crippen molar-refractivity contribution in [3.8, 4) is 0 Å². The molecule has 0 heterocycles. The first-order valence-corrected chi connectivity index (χ1v) is 36.2. The molecular formula is C66H132N2O8S2. The van der Waals surface area contributed by atoms with Gasteiger partial charge in [-0.25, -0.2) is 0 Å². The van der Waals surface area contributed by atoms with Gasteiger partial charge in [-0.1, -0.05) is 271 Å². The van der Waals surface area contributed by atoms with Gasteiger partial charge in [-0.2, -0.15) is 23.5 Å². The van der Waals surface area contributed by atoms with E-state index < -0.39 is 36.5 Å². The van der Waals surface area contributed by atoms with Crippen molar-refractivity contribution in [3.05, 3.63) is 0 Å². The zero-order valence-corrected chi connectivity index (χ0v) is 53.0. The molecule has 0 bridgehead atoms. The number of aliphatic hydroxyl groups excluding tert-OH is 6. The number of hydrogen-bond donors (Lipinski definition) is 8. The highest BCUT2D eigenvalue weighted by Crippen LogP contribution is 2.20. The molecule has 0 radical (unpaired) electrons. The lowest BCUT2D eigenvalue weighted by Gasteiger charge is -2.26. The molecule has 0 rings (SSSR count). The van der Waals surface area contributed by atoms with E-state index in [4.69, 9.17) is 0 Å². The zero-order valence-electron chi connectivity index (χ0n) is 51.4. The van der Waals surface area contributed by atoms with E-state index in [1.807, 2.05) is 0 Å². The topological polar surface area (TPSA) is 180 Å². The molecule has 466 valence electrons. The van der Waals surface area contributed by atoms with Crippen LogP contribution in [0.15, 0.2) is 0 Å². The van der Waals surface area contributed by atoms with Crippen LogP contribution in [-0.4, -0.2) is 115 Å². The van der Waals surface area contributed by atoms with Crippen molar-refractivity contribution in [2.75, 3.05) is 36.2 Å². The van der Waals surface area contributed by atoms with Gasteiger partial charge in [0.15, 0.2) is 0 Å². The van der Waals surface area contributed by atoms with Gasteiger partial charge in [0.2, 0.25) is 11.8 Å². The molecule has 0 aromatic heterocycles. The second-order valence-corrected chi connectivity index (χ2v) is 26.1. The normalized spacial score (nSPS) is 14.1. The van der Waals surface area contributed by atoms with Crippen LogP contribution in [0.1, 0.15) is 335 Å². The van der Waals surface area contributed by atoms with Crippen LogP contribution in [0, 0.1) is 0 Å². The third-order valence-corrected chi connectivity index (χ3v) is 18.4. The van der Waals surface area contributed by atoms with E-state index in [1.165, 1.54) is 241 Å². The van der Waals surface area contributed by atoms with E-state index >= 15 is 0 Å². The zero-order chi connectivity index (χ0) is 57.0. The first-order valence-electron chi connectivity index (χ1n) is 33.9. The summed E-state index contributed by atoms with van der Waals surface area (Å²) in [4.78, 5) is 25.0. The number of amides is 2. The van der Waals surface area contributed by atoms with Crippen LogP contribution in [0.25, 0.3) is 0 Å². The maximum atomic E-state index is 12.5. The standard InChI is InChI=1S/C66H132N2O8S2/c1-3-5-7-9-11-13-15-17-19-25-33-41-49-61(71)65(75)59(57-69)67-63(73)51-43-35-27-21-23-29-37-45-53-77-55-47-39-31-32-40-48-56-78-54-46-38-30-24-22-28-36-44-52-64(74)68-60(58-70)66(76)62(72)50-42-34-26-20-18-16-14-12-10-8-6-4-2/h59-62,65-66,69-72,75-76H,3-58H2,1-2H3,(H,67,73)(H,68,74)/t59?,60?,61-,62-,65+,66+/m1/s1. The van der Waals surface area contributed by atoms with E-state index in [1.54, 1.807) is 0 Å². The summed E-state index contributed by atoms with van der Waals surface area (Å²) in [5.41, 5.74) is 0. The Labute approximate surface area is 491 Å². The van der Waals surface area contributed by atoms with E-state index in [0.29, 0.717) is 25.7 Å². The Morgan fingerprint density at radius 1 is 0.308 bits per heavy atom.